The number of nitrogens with zero attached hydrogens (tertiary/aromatic N) is 1. The van der Waals surface area contributed by atoms with Crippen LogP contribution in [0.5, 0.6) is 11.5 Å². The number of rotatable bonds is 3. The van der Waals surface area contributed by atoms with E-state index in [1.165, 1.54) is 11.2 Å². The van der Waals surface area contributed by atoms with E-state index in [9.17, 15) is 14.7 Å². The molecule has 1 aromatic heterocycles. The molecule has 3 aromatic rings. The summed E-state index contributed by atoms with van der Waals surface area (Å²) in [7, 11) is 0. The van der Waals surface area contributed by atoms with Crippen molar-refractivity contribution in [1.29, 1.82) is 0 Å². The summed E-state index contributed by atoms with van der Waals surface area (Å²) in [4.78, 5) is 27.7. The molecule has 2 aliphatic rings. The van der Waals surface area contributed by atoms with Crippen molar-refractivity contribution in [2.75, 3.05) is 11.7 Å². The molecule has 0 saturated carbocycles. The molecule has 2 aliphatic heterocycles. The Morgan fingerprint density at radius 2 is 1.73 bits per heavy atom. The van der Waals surface area contributed by atoms with E-state index in [4.69, 9.17) is 13.9 Å². The Hall–Kier alpha value is -4.00. The fraction of sp³-hybridized carbons (Fsp3) is 0.231. The van der Waals surface area contributed by atoms with Gasteiger partial charge in [0.2, 0.25) is 6.79 Å². The Morgan fingerprint density at radius 1 is 1.00 bits per heavy atom. The third-order valence-corrected chi connectivity index (χ3v) is 5.91. The quantitative estimate of drug-likeness (QED) is 0.349. The molecule has 7 nitrogen and oxygen atoms in total. The maximum atomic E-state index is 13.2. The summed E-state index contributed by atoms with van der Waals surface area (Å²) in [5, 5.41) is 11.2. The lowest BCUT2D eigenvalue weighted by Crippen LogP contribution is -2.29. The van der Waals surface area contributed by atoms with Crippen LogP contribution in [-0.2, 0) is 15.0 Å². The highest BCUT2D eigenvalue weighted by Gasteiger charge is 2.48. The van der Waals surface area contributed by atoms with Crippen LogP contribution in [0.1, 0.15) is 43.7 Å². The predicted octanol–water partition coefficient (Wildman–Crippen LogP) is 4.93. The maximum absolute atomic E-state index is 13.2. The highest BCUT2D eigenvalue weighted by atomic mass is 16.7. The van der Waals surface area contributed by atoms with Crippen LogP contribution in [0.2, 0.25) is 0 Å². The summed E-state index contributed by atoms with van der Waals surface area (Å²) in [6.45, 7) is 6.38. The summed E-state index contributed by atoms with van der Waals surface area (Å²) in [6.07, 6.45) is 1.47. The molecule has 33 heavy (non-hydrogen) atoms. The van der Waals surface area contributed by atoms with Crippen molar-refractivity contribution in [2.45, 2.75) is 32.2 Å². The van der Waals surface area contributed by atoms with E-state index in [0.717, 1.165) is 5.56 Å². The molecule has 0 bridgehead atoms. The van der Waals surface area contributed by atoms with Gasteiger partial charge in [-0.05, 0) is 53.4 Å². The number of benzene rings is 2. The van der Waals surface area contributed by atoms with Gasteiger partial charge in [-0.15, -0.1) is 0 Å². The van der Waals surface area contributed by atoms with Gasteiger partial charge in [0, 0.05) is 11.3 Å². The molecule has 0 aliphatic carbocycles. The zero-order valence-corrected chi connectivity index (χ0v) is 18.5. The van der Waals surface area contributed by atoms with Crippen molar-refractivity contribution in [3.63, 3.8) is 0 Å². The first-order valence-electron chi connectivity index (χ1n) is 10.6. The predicted molar refractivity (Wildman–Crippen MR) is 121 cm³/mol. The van der Waals surface area contributed by atoms with Crippen LogP contribution in [-0.4, -0.2) is 23.6 Å². The largest absolute Gasteiger partial charge is 0.507 e. The Morgan fingerprint density at radius 3 is 2.39 bits per heavy atom. The maximum Gasteiger partial charge on any atom is 0.300 e. The molecule has 7 heteroatoms. The Labute approximate surface area is 190 Å². The first kappa shape index (κ1) is 20.9. The number of hydrogen-bond donors (Lipinski definition) is 1. The molecule has 1 unspecified atom stereocenters. The third-order valence-electron chi connectivity index (χ3n) is 5.91. The lowest BCUT2D eigenvalue weighted by molar-refractivity contribution is -0.132. The van der Waals surface area contributed by atoms with Crippen molar-refractivity contribution in [1.82, 2.24) is 0 Å². The molecule has 3 heterocycles. The number of ether oxygens (including phenoxy) is 2. The number of ketones is 1. The van der Waals surface area contributed by atoms with E-state index in [1.807, 2.05) is 24.3 Å². The Kier molecular flexibility index (Phi) is 4.78. The van der Waals surface area contributed by atoms with Gasteiger partial charge in [-0.1, -0.05) is 32.9 Å². The molecule has 2 aromatic carbocycles. The van der Waals surface area contributed by atoms with E-state index >= 15 is 0 Å². The average molecular weight is 445 g/mol. The number of hydrogen-bond acceptors (Lipinski definition) is 6. The van der Waals surface area contributed by atoms with Gasteiger partial charge in [-0.2, -0.15) is 0 Å². The zero-order valence-electron chi connectivity index (χ0n) is 18.5. The fourth-order valence-electron chi connectivity index (χ4n) is 4.14. The van der Waals surface area contributed by atoms with Gasteiger partial charge in [0.1, 0.15) is 17.6 Å². The number of amides is 1. The second-order valence-electron chi connectivity index (χ2n) is 9.05. The lowest BCUT2D eigenvalue weighted by atomic mass is 9.87. The highest BCUT2D eigenvalue weighted by molar-refractivity contribution is 6.51. The summed E-state index contributed by atoms with van der Waals surface area (Å²) in [5.74, 6) is -0.443. The smallest absolute Gasteiger partial charge is 0.300 e. The summed E-state index contributed by atoms with van der Waals surface area (Å²) in [5.41, 5.74) is 1.87. The normalized spacial score (nSPS) is 19.4. The molecule has 168 valence electrons. The standard InChI is InChI=1S/C26H23NO6/c1-26(2,3)16-7-9-17(10-8-16)27-22(19-5-4-12-31-19)21(24(29)25(27)30)23(28)15-6-11-18-20(13-15)33-14-32-18/h4-13,22,28H,14H2,1-3H3/b23-21-. The second kappa shape index (κ2) is 7.55. The number of aliphatic hydroxyl groups excluding tert-OH is 1. The Balaban J connectivity index is 1.64. The van der Waals surface area contributed by atoms with Crippen molar-refractivity contribution in [3.8, 4) is 11.5 Å². The molecule has 1 fully saturated rings. The van der Waals surface area contributed by atoms with Crippen LogP contribution in [0.3, 0.4) is 0 Å². The van der Waals surface area contributed by atoms with Crippen molar-refractivity contribution < 1.29 is 28.6 Å². The van der Waals surface area contributed by atoms with Gasteiger partial charge in [0.15, 0.2) is 11.5 Å². The van der Waals surface area contributed by atoms with Gasteiger partial charge in [-0.3, -0.25) is 14.5 Å². The van der Waals surface area contributed by atoms with Crippen molar-refractivity contribution in [3.05, 3.63) is 83.3 Å². The lowest BCUT2D eigenvalue weighted by Gasteiger charge is -2.25. The van der Waals surface area contributed by atoms with E-state index < -0.39 is 17.7 Å². The minimum Gasteiger partial charge on any atom is -0.507 e. The number of Topliss-reactive ketones (excluding diaryl/α,β-unsaturated/α-hetero) is 1. The van der Waals surface area contributed by atoms with E-state index in [2.05, 4.69) is 20.8 Å². The Bertz CT molecular complexity index is 1270. The molecule has 1 amide bonds. The minimum absolute atomic E-state index is 0.0475. The van der Waals surface area contributed by atoms with Gasteiger partial charge >= 0.3 is 0 Å². The molecule has 1 N–H and O–H groups in total. The van der Waals surface area contributed by atoms with Crippen LogP contribution < -0.4 is 14.4 Å². The molecule has 0 radical (unpaired) electrons. The summed E-state index contributed by atoms with van der Waals surface area (Å²) >= 11 is 0. The number of furan rings is 1. The molecule has 5 rings (SSSR count). The van der Waals surface area contributed by atoms with Gasteiger partial charge in [0.25, 0.3) is 11.7 Å². The number of carbonyl (C=O) groups is 2. The number of carbonyl (C=O) groups excluding carboxylic acids is 2. The molecule has 1 saturated heterocycles. The SMILES string of the molecule is CC(C)(C)c1ccc(N2C(=O)C(=O)/C(=C(\O)c3ccc4c(c3)OCO4)C2c2ccco2)cc1. The van der Waals surface area contributed by atoms with Crippen LogP contribution in [0, 0.1) is 0 Å². The fourth-order valence-corrected chi connectivity index (χ4v) is 4.14. The van der Waals surface area contributed by atoms with Crippen molar-refractivity contribution in [2.24, 2.45) is 0 Å². The topological polar surface area (TPSA) is 89.2 Å². The van der Waals surface area contributed by atoms with Crippen LogP contribution in [0.25, 0.3) is 5.76 Å². The molecule has 1 atom stereocenters. The molecular weight excluding hydrogens is 422 g/mol. The van der Waals surface area contributed by atoms with E-state index in [0.29, 0.717) is 28.5 Å². The van der Waals surface area contributed by atoms with E-state index in [-0.39, 0.29) is 23.5 Å². The third kappa shape index (κ3) is 3.46. The molecular formula is C26H23NO6. The van der Waals surface area contributed by atoms with Crippen molar-refractivity contribution >= 4 is 23.1 Å². The first-order chi connectivity index (χ1) is 15.8. The zero-order chi connectivity index (χ0) is 23.3. The highest BCUT2D eigenvalue weighted by Crippen LogP contribution is 2.43. The number of anilines is 1. The van der Waals surface area contributed by atoms with Gasteiger partial charge < -0.3 is 19.0 Å². The van der Waals surface area contributed by atoms with Gasteiger partial charge in [-0.25, -0.2) is 0 Å². The summed E-state index contributed by atoms with van der Waals surface area (Å²) < 4.78 is 16.3. The van der Waals surface area contributed by atoms with Crippen LogP contribution >= 0.6 is 0 Å². The number of fused-ring (bicyclic) bond motifs is 1. The minimum atomic E-state index is -0.911. The van der Waals surface area contributed by atoms with Crippen LogP contribution in [0.15, 0.2) is 70.9 Å². The van der Waals surface area contributed by atoms with E-state index in [1.54, 1.807) is 30.3 Å². The second-order valence-corrected chi connectivity index (χ2v) is 9.05. The average Bonchev–Trinajstić information content (AvgIpc) is 3.53. The number of aliphatic hydroxyl groups is 1. The molecule has 0 spiro atoms. The first-order valence-corrected chi connectivity index (χ1v) is 10.6. The monoisotopic (exact) mass is 445 g/mol. The summed E-state index contributed by atoms with van der Waals surface area (Å²) in [6, 6.07) is 14.8. The van der Waals surface area contributed by atoms with Crippen LogP contribution in [0.4, 0.5) is 5.69 Å². The van der Waals surface area contributed by atoms with Gasteiger partial charge in [0.05, 0.1) is 11.8 Å².